The summed E-state index contributed by atoms with van der Waals surface area (Å²) in [5.41, 5.74) is 0.850. The number of rotatable bonds is 4. The summed E-state index contributed by atoms with van der Waals surface area (Å²) in [6.07, 6.45) is -2.95. The van der Waals surface area contributed by atoms with Crippen molar-refractivity contribution >= 4 is 0 Å². The Labute approximate surface area is 104 Å². The van der Waals surface area contributed by atoms with Crippen LogP contribution in [0.4, 0.5) is 8.78 Å². The molecule has 100 valence electrons. The van der Waals surface area contributed by atoms with Crippen molar-refractivity contribution in [3.63, 3.8) is 0 Å². The summed E-state index contributed by atoms with van der Waals surface area (Å²) in [6, 6.07) is 4.73. The first-order chi connectivity index (χ1) is 8.41. The third kappa shape index (κ3) is 2.72. The molecule has 1 aromatic carbocycles. The van der Waals surface area contributed by atoms with Gasteiger partial charge in [0.25, 0.3) is 0 Å². The molecule has 1 aromatic rings. The summed E-state index contributed by atoms with van der Waals surface area (Å²) in [7, 11) is 0. The standard InChI is InChI=1S/C13H16F2O3/c1-8(2)10(7-16)5-9-3-4-11-12(6-9)18-13(14,15)17-11/h3-4,6,8,10,16H,5,7H2,1-2H3. The Morgan fingerprint density at radius 2 is 1.89 bits per heavy atom. The van der Waals surface area contributed by atoms with Gasteiger partial charge < -0.3 is 14.6 Å². The number of ether oxygens (including phenoxy) is 2. The number of aliphatic hydroxyl groups is 1. The van der Waals surface area contributed by atoms with E-state index in [0.29, 0.717) is 12.3 Å². The van der Waals surface area contributed by atoms with Crippen molar-refractivity contribution in [1.29, 1.82) is 0 Å². The summed E-state index contributed by atoms with van der Waals surface area (Å²) < 4.78 is 34.4. The first-order valence-electron chi connectivity index (χ1n) is 5.91. The van der Waals surface area contributed by atoms with E-state index in [1.807, 2.05) is 13.8 Å². The highest BCUT2D eigenvalue weighted by atomic mass is 19.3. The van der Waals surface area contributed by atoms with Gasteiger partial charge in [0.2, 0.25) is 0 Å². The van der Waals surface area contributed by atoms with Crippen LogP contribution in [0.3, 0.4) is 0 Å². The fourth-order valence-electron chi connectivity index (χ4n) is 1.93. The van der Waals surface area contributed by atoms with Crippen LogP contribution in [-0.4, -0.2) is 18.0 Å². The number of halogens is 2. The maximum atomic E-state index is 12.8. The Kier molecular flexibility index (Phi) is 3.43. The highest BCUT2D eigenvalue weighted by molar-refractivity contribution is 5.45. The van der Waals surface area contributed by atoms with Gasteiger partial charge in [-0.25, -0.2) is 0 Å². The minimum atomic E-state index is -3.57. The molecule has 1 heterocycles. The third-order valence-electron chi connectivity index (χ3n) is 3.14. The van der Waals surface area contributed by atoms with Gasteiger partial charge in [0.15, 0.2) is 11.5 Å². The van der Waals surface area contributed by atoms with E-state index in [1.165, 1.54) is 6.07 Å². The largest absolute Gasteiger partial charge is 0.586 e. The van der Waals surface area contributed by atoms with Gasteiger partial charge in [-0.1, -0.05) is 19.9 Å². The predicted octanol–water partition coefficient (Wildman–Crippen LogP) is 2.82. The first kappa shape index (κ1) is 13.1. The quantitative estimate of drug-likeness (QED) is 0.902. The van der Waals surface area contributed by atoms with Crippen molar-refractivity contribution < 1.29 is 23.4 Å². The van der Waals surface area contributed by atoms with E-state index in [9.17, 15) is 13.9 Å². The topological polar surface area (TPSA) is 38.7 Å². The van der Waals surface area contributed by atoms with E-state index in [0.717, 1.165) is 5.56 Å². The zero-order valence-electron chi connectivity index (χ0n) is 10.3. The van der Waals surface area contributed by atoms with Crippen LogP contribution >= 0.6 is 0 Å². The lowest BCUT2D eigenvalue weighted by Crippen LogP contribution is -2.25. The molecule has 5 heteroatoms. The average Bonchev–Trinajstić information content (AvgIpc) is 2.58. The van der Waals surface area contributed by atoms with Crippen molar-refractivity contribution in [3.05, 3.63) is 23.8 Å². The van der Waals surface area contributed by atoms with Gasteiger partial charge in [0.05, 0.1) is 0 Å². The fourth-order valence-corrected chi connectivity index (χ4v) is 1.93. The molecule has 1 atom stereocenters. The molecule has 1 N–H and O–H groups in total. The zero-order valence-corrected chi connectivity index (χ0v) is 10.3. The van der Waals surface area contributed by atoms with Crippen molar-refractivity contribution in [2.75, 3.05) is 6.61 Å². The number of hydrogen-bond acceptors (Lipinski definition) is 3. The second kappa shape index (κ2) is 4.72. The maximum Gasteiger partial charge on any atom is 0.586 e. The van der Waals surface area contributed by atoms with Crippen LogP contribution in [0.15, 0.2) is 18.2 Å². The van der Waals surface area contributed by atoms with Gasteiger partial charge in [-0.3, -0.25) is 0 Å². The summed E-state index contributed by atoms with van der Waals surface area (Å²) in [5, 5.41) is 9.26. The Morgan fingerprint density at radius 1 is 1.22 bits per heavy atom. The minimum Gasteiger partial charge on any atom is -0.396 e. The summed E-state index contributed by atoms with van der Waals surface area (Å²) in [5.74, 6) is 0.527. The normalized spacial score (nSPS) is 18.1. The van der Waals surface area contributed by atoms with Crippen molar-refractivity contribution in [2.24, 2.45) is 11.8 Å². The van der Waals surface area contributed by atoms with Crippen LogP contribution < -0.4 is 9.47 Å². The minimum absolute atomic E-state index is 0.0499. The van der Waals surface area contributed by atoms with Crippen LogP contribution in [0.5, 0.6) is 11.5 Å². The van der Waals surface area contributed by atoms with E-state index in [2.05, 4.69) is 9.47 Å². The van der Waals surface area contributed by atoms with E-state index in [1.54, 1.807) is 12.1 Å². The fraction of sp³-hybridized carbons (Fsp3) is 0.538. The van der Waals surface area contributed by atoms with Crippen LogP contribution in [0.25, 0.3) is 0 Å². The Hall–Kier alpha value is -1.36. The van der Waals surface area contributed by atoms with Crippen LogP contribution in [0.1, 0.15) is 19.4 Å². The number of fused-ring (bicyclic) bond motifs is 1. The molecule has 0 saturated carbocycles. The first-order valence-corrected chi connectivity index (χ1v) is 5.91. The lowest BCUT2D eigenvalue weighted by molar-refractivity contribution is -0.286. The van der Waals surface area contributed by atoms with Crippen LogP contribution in [0.2, 0.25) is 0 Å². The SMILES string of the molecule is CC(C)C(CO)Cc1ccc2c(c1)OC(F)(F)O2. The molecule has 0 amide bonds. The number of benzene rings is 1. The van der Waals surface area contributed by atoms with E-state index in [4.69, 9.17) is 0 Å². The van der Waals surface area contributed by atoms with Gasteiger partial charge in [0, 0.05) is 6.61 Å². The van der Waals surface area contributed by atoms with E-state index < -0.39 is 6.29 Å². The van der Waals surface area contributed by atoms with Gasteiger partial charge >= 0.3 is 6.29 Å². The molecule has 1 aliphatic heterocycles. The summed E-state index contributed by atoms with van der Waals surface area (Å²) >= 11 is 0. The molecule has 0 fully saturated rings. The lowest BCUT2D eigenvalue weighted by Gasteiger charge is -2.18. The molecular formula is C13H16F2O3. The molecule has 0 aliphatic carbocycles. The predicted molar refractivity (Wildman–Crippen MR) is 61.8 cm³/mol. The highest BCUT2D eigenvalue weighted by Gasteiger charge is 2.43. The average molecular weight is 258 g/mol. The van der Waals surface area contributed by atoms with Gasteiger partial charge in [-0.15, -0.1) is 8.78 Å². The second-order valence-electron chi connectivity index (χ2n) is 4.84. The van der Waals surface area contributed by atoms with Crippen LogP contribution in [0, 0.1) is 11.8 Å². The highest BCUT2D eigenvalue weighted by Crippen LogP contribution is 2.41. The lowest BCUT2D eigenvalue weighted by atomic mass is 9.90. The van der Waals surface area contributed by atoms with E-state index >= 15 is 0 Å². The Balaban J connectivity index is 2.14. The third-order valence-corrected chi connectivity index (χ3v) is 3.14. The van der Waals surface area contributed by atoms with Gasteiger partial charge in [-0.2, -0.15) is 0 Å². The van der Waals surface area contributed by atoms with E-state index in [-0.39, 0.29) is 24.0 Å². The smallest absolute Gasteiger partial charge is 0.396 e. The molecule has 18 heavy (non-hydrogen) atoms. The molecule has 0 aromatic heterocycles. The van der Waals surface area contributed by atoms with Crippen LogP contribution in [-0.2, 0) is 6.42 Å². The molecule has 1 unspecified atom stereocenters. The molecule has 2 rings (SSSR count). The Bertz CT molecular complexity index is 432. The molecule has 0 spiro atoms. The Morgan fingerprint density at radius 3 is 2.50 bits per heavy atom. The summed E-state index contributed by atoms with van der Waals surface area (Å²) in [4.78, 5) is 0. The zero-order chi connectivity index (χ0) is 13.3. The molecule has 0 bridgehead atoms. The second-order valence-corrected chi connectivity index (χ2v) is 4.84. The molecule has 1 aliphatic rings. The van der Waals surface area contributed by atoms with Crippen molar-refractivity contribution in [3.8, 4) is 11.5 Å². The summed E-state index contributed by atoms with van der Waals surface area (Å²) in [6.45, 7) is 4.10. The number of aliphatic hydroxyl groups excluding tert-OH is 1. The van der Waals surface area contributed by atoms with Gasteiger partial charge in [-0.05, 0) is 36.0 Å². The molecular weight excluding hydrogens is 242 g/mol. The number of alkyl halides is 2. The maximum absolute atomic E-state index is 12.8. The monoisotopic (exact) mass is 258 g/mol. The van der Waals surface area contributed by atoms with Gasteiger partial charge in [0.1, 0.15) is 0 Å². The molecule has 0 radical (unpaired) electrons. The molecule has 0 saturated heterocycles. The number of hydrogen-bond donors (Lipinski definition) is 1. The molecule has 3 nitrogen and oxygen atoms in total. The van der Waals surface area contributed by atoms with Crippen molar-refractivity contribution in [2.45, 2.75) is 26.6 Å². The van der Waals surface area contributed by atoms with Crippen molar-refractivity contribution in [1.82, 2.24) is 0 Å².